The molecule has 1 amide bonds. The molecular formula is C24H45NO7. The average molecular weight is 460 g/mol. The zero-order chi connectivity index (χ0) is 23.6. The summed E-state index contributed by atoms with van der Waals surface area (Å²) in [6.45, 7) is 12.9. The topological polar surface area (TPSA) is 92.3 Å². The van der Waals surface area contributed by atoms with Crippen LogP contribution in [0.5, 0.6) is 0 Å². The molecule has 1 aliphatic rings. The number of alkyl carbamates (subject to hydrolysis) is 1. The van der Waals surface area contributed by atoms with Gasteiger partial charge in [0.25, 0.3) is 0 Å². The Kier molecular flexibility index (Phi) is 16.4. The molecule has 1 saturated carbocycles. The quantitative estimate of drug-likeness (QED) is 0.263. The van der Waals surface area contributed by atoms with E-state index in [4.69, 9.17) is 23.7 Å². The highest BCUT2D eigenvalue weighted by atomic mass is 16.6. The first-order valence-corrected chi connectivity index (χ1v) is 12.2. The third-order valence-electron chi connectivity index (χ3n) is 5.78. The van der Waals surface area contributed by atoms with Gasteiger partial charge in [-0.3, -0.25) is 4.79 Å². The van der Waals surface area contributed by atoms with E-state index in [9.17, 15) is 9.59 Å². The fourth-order valence-corrected chi connectivity index (χ4v) is 3.81. The van der Waals surface area contributed by atoms with Crippen LogP contribution in [0.15, 0.2) is 0 Å². The zero-order valence-electron chi connectivity index (χ0n) is 20.6. The number of rotatable bonds is 21. The molecule has 1 N–H and O–H groups in total. The van der Waals surface area contributed by atoms with Gasteiger partial charge in [0.05, 0.1) is 59.5 Å². The molecule has 0 saturated heterocycles. The summed E-state index contributed by atoms with van der Waals surface area (Å²) in [7, 11) is 0. The smallest absolute Gasteiger partial charge is 0.407 e. The van der Waals surface area contributed by atoms with Crippen LogP contribution in [-0.4, -0.2) is 77.9 Å². The lowest BCUT2D eigenvalue weighted by atomic mass is 10.1. The van der Waals surface area contributed by atoms with E-state index in [1.807, 2.05) is 13.8 Å². The van der Waals surface area contributed by atoms with Gasteiger partial charge in [-0.2, -0.15) is 0 Å². The maximum atomic E-state index is 11.8. The molecule has 1 fully saturated rings. The Labute approximate surface area is 194 Å². The van der Waals surface area contributed by atoms with E-state index in [-0.39, 0.29) is 17.8 Å². The second-order valence-corrected chi connectivity index (χ2v) is 8.53. The van der Waals surface area contributed by atoms with Gasteiger partial charge in [-0.05, 0) is 17.8 Å². The highest BCUT2D eigenvalue weighted by Crippen LogP contribution is 2.51. The molecule has 0 aromatic rings. The molecule has 3 atom stereocenters. The number of hydrogen-bond donors (Lipinski definition) is 1. The minimum atomic E-state index is -0.366. The summed E-state index contributed by atoms with van der Waals surface area (Å²) in [5.41, 5.74) is 0. The van der Waals surface area contributed by atoms with E-state index in [0.717, 1.165) is 11.8 Å². The summed E-state index contributed by atoms with van der Waals surface area (Å²) in [5, 5.41) is 2.72. The summed E-state index contributed by atoms with van der Waals surface area (Å²) < 4.78 is 27.0. The summed E-state index contributed by atoms with van der Waals surface area (Å²) in [6.07, 6.45) is 3.67. The summed E-state index contributed by atoms with van der Waals surface area (Å²) in [5.74, 6) is 2.27. The first-order valence-electron chi connectivity index (χ1n) is 12.2. The summed E-state index contributed by atoms with van der Waals surface area (Å²) >= 11 is 0. The van der Waals surface area contributed by atoms with Crippen molar-refractivity contribution in [1.29, 1.82) is 0 Å². The molecule has 8 heteroatoms. The van der Waals surface area contributed by atoms with Crippen LogP contribution in [0.2, 0.25) is 0 Å². The van der Waals surface area contributed by atoms with Crippen LogP contribution in [-0.2, 0) is 28.5 Å². The highest BCUT2D eigenvalue weighted by molar-refractivity contribution is 5.80. The molecule has 0 spiro atoms. The molecule has 188 valence electrons. The third kappa shape index (κ3) is 13.4. The molecule has 0 aromatic heterocycles. The van der Waals surface area contributed by atoms with Gasteiger partial charge in [0, 0.05) is 18.9 Å². The van der Waals surface area contributed by atoms with E-state index < -0.39 is 0 Å². The fraction of sp³-hybridized carbons (Fsp3) is 0.917. The van der Waals surface area contributed by atoms with Crippen molar-refractivity contribution in [3.05, 3.63) is 0 Å². The Morgan fingerprint density at radius 2 is 1.34 bits per heavy atom. The normalized spacial score (nSPS) is 19.8. The van der Waals surface area contributed by atoms with Crippen molar-refractivity contribution in [3.8, 4) is 0 Å². The van der Waals surface area contributed by atoms with Crippen LogP contribution < -0.4 is 5.32 Å². The number of carbonyl (C=O) groups is 2. The molecule has 0 bridgehead atoms. The van der Waals surface area contributed by atoms with Crippen molar-refractivity contribution in [3.63, 3.8) is 0 Å². The SMILES string of the molecule is CCCC1C(CC)C1COC(=O)NCCOCCOCCOCCOCCC(=O)C(C)C. The highest BCUT2D eigenvalue weighted by Gasteiger charge is 2.48. The van der Waals surface area contributed by atoms with E-state index >= 15 is 0 Å². The molecule has 0 radical (unpaired) electrons. The largest absolute Gasteiger partial charge is 0.449 e. The lowest BCUT2D eigenvalue weighted by molar-refractivity contribution is -0.123. The van der Waals surface area contributed by atoms with Gasteiger partial charge in [-0.15, -0.1) is 0 Å². The van der Waals surface area contributed by atoms with E-state index in [2.05, 4.69) is 19.2 Å². The van der Waals surface area contributed by atoms with Crippen LogP contribution >= 0.6 is 0 Å². The van der Waals surface area contributed by atoms with Crippen LogP contribution in [0, 0.1) is 23.7 Å². The molecule has 32 heavy (non-hydrogen) atoms. The standard InChI is InChI=1S/C24H45NO7/c1-5-7-21-20(6-2)22(21)18-32-24(27)25-9-11-29-13-15-31-17-16-30-14-12-28-10-8-23(26)19(3)4/h19-22H,5-18H2,1-4H3,(H,25,27). The van der Waals surface area contributed by atoms with Crippen molar-refractivity contribution in [2.24, 2.45) is 23.7 Å². The van der Waals surface area contributed by atoms with E-state index in [0.29, 0.717) is 78.3 Å². The molecule has 1 rings (SSSR count). The van der Waals surface area contributed by atoms with Crippen LogP contribution in [0.1, 0.15) is 53.4 Å². The number of amides is 1. The second-order valence-electron chi connectivity index (χ2n) is 8.53. The maximum absolute atomic E-state index is 11.8. The van der Waals surface area contributed by atoms with Crippen molar-refractivity contribution >= 4 is 11.9 Å². The summed E-state index contributed by atoms with van der Waals surface area (Å²) in [6, 6.07) is 0. The number of nitrogens with one attached hydrogen (secondary N) is 1. The number of ether oxygens (including phenoxy) is 5. The Bertz CT molecular complexity index is 501. The van der Waals surface area contributed by atoms with Crippen molar-refractivity contribution in [2.75, 3.05) is 66.0 Å². The van der Waals surface area contributed by atoms with Crippen molar-refractivity contribution in [2.45, 2.75) is 53.4 Å². The van der Waals surface area contributed by atoms with E-state index in [1.165, 1.54) is 19.3 Å². The molecular weight excluding hydrogens is 414 g/mol. The lowest BCUT2D eigenvalue weighted by Crippen LogP contribution is -2.29. The Hall–Kier alpha value is -1.22. The number of Topliss-reactive ketones (excluding diaryl/α,β-unsaturated/α-hetero) is 1. The minimum Gasteiger partial charge on any atom is -0.449 e. The van der Waals surface area contributed by atoms with Crippen LogP contribution in [0.3, 0.4) is 0 Å². The molecule has 1 aliphatic carbocycles. The summed E-state index contributed by atoms with van der Waals surface area (Å²) in [4.78, 5) is 23.2. The number of hydrogen-bond acceptors (Lipinski definition) is 7. The molecule has 8 nitrogen and oxygen atoms in total. The molecule has 0 aliphatic heterocycles. The van der Waals surface area contributed by atoms with Crippen LogP contribution in [0.25, 0.3) is 0 Å². The monoisotopic (exact) mass is 459 g/mol. The predicted octanol–water partition coefficient (Wildman–Crippen LogP) is 3.47. The van der Waals surface area contributed by atoms with Crippen molar-refractivity contribution < 1.29 is 33.3 Å². The van der Waals surface area contributed by atoms with Gasteiger partial charge in [0.1, 0.15) is 5.78 Å². The number of ketones is 1. The zero-order valence-corrected chi connectivity index (χ0v) is 20.6. The maximum Gasteiger partial charge on any atom is 0.407 e. The number of carbonyl (C=O) groups excluding carboxylic acids is 2. The molecule has 0 heterocycles. The van der Waals surface area contributed by atoms with Gasteiger partial charge < -0.3 is 29.0 Å². The minimum absolute atomic E-state index is 0.0630. The van der Waals surface area contributed by atoms with Crippen molar-refractivity contribution in [1.82, 2.24) is 5.32 Å². The first kappa shape index (κ1) is 28.8. The van der Waals surface area contributed by atoms with Gasteiger partial charge >= 0.3 is 6.09 Å². The first-order chi connectivity index (χ1) is 15.5. The van der Waals surface area contributed by atoms with Gasteiger partial charge in [0.2, 0.25) is 0 Å². The van der Waals surface area contributed by atoms with Gasteiger partial charge in [-0.25, -0.2) is 4.79 Å². The Balaban J connectivity index is 1.79. The third-order valence-corrected chi connectivity index (χ3v) is 5.78. The average Bonchev–Trinajstić information content (AvgIpc) is 3.45. The van der Waals surface area contributed by atoms with Gasteiger partial charge in [0.15, 0.2) is 0 Å². The Morgan fingerprint density at radius 3 is 1.88 bits per heavy atom. The molecule has 3 unspecified atom stereocenters. The molecule has 0 aromatic carbocycles. The Morgan fingerprint density at radius 1 is 0.781 bits per heavy atom. The predicted molar refractivity (Wildman–Crippen MR) is 123 cm³/mol. The lowest BCUT2D eigenvalue weighted by Gasteiger charge is -2.09. The fourth-order valence-electron chi connectivity index (χ4n) is 3.81. The van der Waals surface area contributed by atoms with Gasteiger partial charge in [-0.1, -0.05) is 47.0 Å². The van der Waals surface area contributed by atoms with E-state index in [1.54, 1.807) is 0 Å². The van der Waals surface area contributed by atoms with Crippen LogP contribution in [0.4, 0.5) is 4.79 Å². The second kappa shape index (κ2) is 18.2.